The van der Waals surface area contributed by atoms with Gasteiger partial charge in [-0.25, -0.2) is 4.99 Å². The number of ether oxygens (including phenoxy) is 1. The summed E-state index contributed by atoms with van der Waals surface area (Å²) in [6, 6.07) is 8.18. The second-order valence-corrected chi connectivity index (χ2v) is 3.88. The van der Waals surface area contributed by atoms with Crippen molar-refractivity contribution in [2.45, 2.75) is 33.3 Å². The number of rotatable bonds is 3. The fourth-order valence-electron chi connectivity index (χ4n) is 1.89. The van der Waals surface area contributed by atoms with Gasteiger partial charge in [-0.3, -0.25) is 0 Å². The Balaban J connectivity index is 2.28. The van der Waals surface area contributed by atoms with Gasteiger partial charge >= 0.3 is 0 Å². The number of para-hydroxylation sites is 1. The van der Waals surface area contributed by atoms with Crippen molar-refractivity contribution < 1.29 is 4.74 Å². The minimum Gasteiger partial charge on any atom is -0.476 e. The maximum Gasteiger partial charge on any atom is 0.191 e. The molecule has 0 aliphatic carbocycles. The number of hydrogen-bond donors (Lipinski definition) is 0. The number of nitrogens with zero attached hydrogens (tertiary/aromatic N) is 1. The van der Waals surface area contributed by atoms with E-state index in [2.05, 4.69) is 31.0 Å². The van der Waals surface area contributed by atoms with Crippen LogP contribution in [0, 0.1) is 5.92 Å². The molecule has 2 nitrogen and oxygen atoms in total. The maximum atomic E-state index is 5.70. The molecule has 15 heavy (non-hydrogen) atoms. The summed E-state index contributed by atoms with van der Waals surface area (Å²) in [4.78, 5) is 4.58. The zero-order chi connectivity index (χ0) is 10.7. The van der Waals surface area contributed by atoms with Crippen LogP contribution in [0.3, 0.4) is 0 Å². The van der Waals surface area contributed by atoms with Crippen molar-refractivity contribution in [3.05, 3.63) is 29.8 Å². The van der Waals surface area contributed by atoms with Gasteiger partial charge in [0.15, 0.2) is 5.90 Å². The fraction of sp³-hybridized carbons (Fsp3) is 0.462. The van der Waals surface area contributed by atoms with Gasteiger partial charge in [0, 0.05) is 11.5 Å². The van der Waals surface area contributed by atoms with Crippen molar-refractivity contribution in [1.82, 2.24) is 0 Å². The highest BCUT2D eigenvalue weighted by atomic mass is 16.5. The van der Waals surface area contributed by atoms with Crippen molar-refractivity contribution in [1.29, 1.82) is 0 Å². The second-order valence-electron chi connectivity index (χ2n) is 3.88. The van der Waals surface area contributed by atoms with Crippen LogP contribution in [0.2, 0.25) is 0 Å². The lowest BCUT2D eigenvalue weighted by molar-refractivity contribution is 0.260. The summed E-state index contributed by atoms with van der Waals surface area (Å²) in [5, 5.41) is 0. The smallest absolute Gasteiger partial charge is 0.191 e. The highest BCUT2D eigenvalue weighted by Gasteiger charge is 2.18. The van der Waals surface area contributed by atoms with Crippen LogP contribution in [0.4, 0.5) is 5.69 Å². The highest BCUT2D eigenvalue weighted by molar-refractivity contribution is 5.83. The predicted octanol–water partition coefficient (Wildman–Crippen LogP) is 3.68. The van der Waals surface area contributed by atoms with E-state index >= 15 is 0 Å². The molecule has 80 valence electrons. The Kier molecular flexibility index (Phi) is 3.05. The zero-order valence-electron chi connectivity index (χ0n) is 9.36. The first-order valence-corrected chi connectivity index (χ1v) is 5.64. The van der Waals surface area contributed by atoms with Gasteiger partial charge in [0.2, 0.25) is 0 Å². The summed E-state index contributed by atoms with van der Waals surface area (Å²) < 4.78 is 5.70. The lowest BCUT2D eigenvalue weighted by Gasteiger charge is -2.21. The third kappa shape index (κ3) is 2.04. The van der Waals surface area contributed by atoms with E-state index in [1.54, 1.807) is 0 Å². The first kappa shape index (κ1) is 10.2. The van der Waals surface area contributed by atoms with Crippen LogP contribution in [0.1, 0.15) is 32.3 Å². The maximum absolute atomic E-state index is 5.70. The van der Waals surface area contributed by atoms with Gasteiger partial charge in [-0.1, -0.05) is 32.0 Å². The summed E-state index contributed by atoms with van der Waals surface area (Å²) >= 11 is 0. The van der Waals surface area contributed by atoms with E-state index in [0.717, 1.165) is 24.4 Å². The van der Waals surface area contributed by atoms with Crippen LogP contribution in [0.15, 0.2) is 29.3 Å². The molecule has 0 radical (unpaired) electrons. The molecule has 1 aliphatic rings. The lowest BCUT2D eigenvalue weighted by atomic mass is 10.0. The number of aliphatic imine (C=N–C) groups is 1. The molecule has 0 bridgehead atoms. The van der Waals surface area contributed by atoms with Crippen LogP contribution in [0.25, 0.3) is 0 Å². The SMILES string of the molecule is CCC(CC)C1=Nc2ccccc2CO1. The molecule has 0 N–H and O–H groups in total. The van der Waals surface area contributed by atoms with Gasteiger partial charge in [-0.05, 0) is 18.9 Å². The average Bonchev–Trinajstić information content (AvgIpc) is 2.30. The summed E-state index contributed by atoms with van der Waals surface area (Å²) in [7, 11) is 0. The molecule has 0 spiro atoms. The van der Waals surface area contributed by atoms with Gasteiger partial charge in [0.1, 0.15) is 6.61 Å². The topological polar surface area (TPSA) is 21.6 Å². The van der Waals surface area contributed by atoms with E-state index in [1.165, 1.54) is 5.56 Å². The summed E-state index contributed by atoms with van der Waals surface area (Å²) in [6.07, 6.45) is 2.19. The van der Waals surface area contributed by atoms with Crippen molar-refractivity contribution in [2.24, 2.45) is 10.9 Å². The van der Waals surface area contributed by atoms with E-state index < -0.39 is 0 Å². The Morgan fingerprint density at radius 3 is 2.73 bits per heavy atom. The van der Waals surface area contributed by atoms with E-state index in [-0.39, 0.29) is 0 Å². The van der Waals surface area contributed by atoms with Crippen LogP contribution >= 0.6 is 0 Å². The summed E-state index contributed by atoms with van der Waals surface area (Å²) in [5.41, 5.74) is 2.26. The normalized spacial score (nSPS) is 14.5. The van der Waals surface area contributed by atoms with Crippen molar-refractivity contribution in [3.8, 4) is 0 Å². The first-order valence-electron chi connectivity index (χ1n) is 5.64. The van der Waals surface area contributed by atoms with Crippen molar-refractivity contribution >= 4 is 11.6 Å². The zero-order valence-corrected chi connectivity index (χ0v) is 9.36. The van der Waals surface area contributed by atoms with Crippen LogP contribution in [-0.4, -0.2) is 5.90 Å². The van der Waals surface area contributed by atoms with Gasteiger partial charge < -0.3 is 4.74 Å². The highest BCUT2D eigenvalue weighted by Crippen LogP contribution is 2.27. The van der Waals surface area contributed by atoms with Gasteiger partial charge in [-0.2, -0.15) is 0 Å². The molecule has 2 heteroatoms. The number of fused-ring (bicyclic) bond motifs is 1. The minimum absolute atomic E-state index is 0.471. The molecule has 0 fully saturated rings. The Morgan fingerprint density at radius 1 is 1.27 bits per heavy atom. The predicted molar refractivity (Wildman–Crippen MR) is 62.4 cm³/mol. The van der Waals surface area contributed by atoms with E-state index in [0.29, 0.717) is 12.5 Å². The standard InChI is InChI=1S/C13H17NO/c1-3-10(4-2)13-14-12-8-6-5-7-11(12)9-15-13/h5-8,10H,3-4,9H2,1-2H3. The van der Waals surface area contributed by atoms with Gasteiger partial charge in [0.25, 0.3) is 0 Å². The Bertz CT molecular complexity index is 367. The molecule has 1 aromatic rings. The Hall–Kier alpha value is -1.31. The van der Waals surface area contributed by atoms with E-state index in [4.69, 9.17) is 4.74 Å². The molecule has 1 aromatic carbocycles. The monoisotopic (exact) mass is 203 g/mol. The Labute approximate surface area is 91.0 Å². The molecular weight excluding hydrogens is 186 g/mol. The van der Waals surface area contributed by atoms with Gasteiger partial charge in [-0.15, -0.1) is 0 Å². The second kappa shape index (κ2) is 4.47. The molecule has 0 amide bonds. The van der Waals surface area contributed by atoms with Gasteiger partial charge in [0.05, 0.1) is 5.69 Å². The van der Waals surface area contributed by atoms with Crippen LogP contribution in [0.5, 0.6) is 0 Å². The quantitative estimate of drug-likeness (QED) is 0.734. The molecule has 0 unspecified atom stereocenters. The number of hydrogen-bond acceptors (Lipinski definition) is 2. The molecule has 1 heterocycles. The van der Waals surface area contributed by atoms with Crippen LogP contribution < -0.4 is 0 Å². The average molecular weight is 203 g/mol. The summed E-state index contributed by atoms with van der Waals surface area (Å²) in [6.45, 7) is 5.03. The molecule has 0 aromatic heterocycles. The van der Waals surface area contributed by atoms with E-state index in [1.807, 2.05) is 12.1 Å². The number of benzene rings is 1. The fourth-order valence-corrected chi connectivity index (χ4v) is 1.89. The first-order chi connectivity index (χ1) is 7.35. The molecule has 0 saturated carbocycles. The molecule has 2 rings (SSSR count). The third-order valence-corrected chi connectivity index (χ3v) is 2.93. The summed E-state index contributed by atoms with van der Waals surface area (Å²) in [5.74, 6) is 1.39. The van der Waals surface area contributed by atoms with Crippen molar-refractivity contribution in [2.75, 3.05) is 0 Å². The van der Waals surface area contributed by atoms with Crippen LogP contribution in [-0.2, 0) is 11.3 Å². The molecule has 1 aliphatic heterocycles. The van der Waals surface area contributed by atoms with E-state index in [9.17, 15) is 0 Å². The lowest BCUT2D eigenvalue weighted by Crippen LogP contribution is -2.19. The molecular formula is C13H17NO. The minimum atomic E-state index is 0.471. The molecule has 0 saturated heterocycles. The third-order valence-electron chi connectivity index (χ3n) is 2.93. The van der Waals surface area contributed by atoms with Crippen molar-refractivity contribution in [3.63, 3.8) is 0 Å². The largest absolute Gasteiger partial charge is 0.476 e. The Morgan fingerprint density at radius 2 is 2.00 bits per heavy atom. The molecule has 0 atom stereocenters.